The van der Waals surface area contributed by atoms with E-state index in [9.17, 15) is 9.69 Å². The van der Waals surface area contributed by atoms with E-state index in [-0.39, 0.29) is 5.75 Å². The molecule has 0 saturated heterocycles. The third-order valence-electron chi connectivity index (χ3n) is 2.61. The Balaban J connectivity index is 2.77. The number of ether oxygens (including phenoxy) is 3. The Morgan fingerprint density at radius 3 is 2.64 bits per heavy atom. The smallest absolute Gasteiger partial charge is 0.398 e. The Bertz CT molecular complexity index is 537. The zero-order valence-corrected chi connectivity index (χ0v) is 13.4. The van der Waals surface area contributed by atoms with E-state index in [0.717, 1.165) is 7.11 Å². The molecule has 1 N–H and O–H groups in total. The topological polar surface area (TPSA) is 110 Å². The lowest BCUT2D eigenvalue weighted by Crippen LogP contribution is -2.34. The zero-order chi connectivity index (χ0) is 16.6. The van der Waals surface area contributed by atoms with E-state index >= 15 is 0 Å². The van der Waals surface area contributed by atoms with Crippen LogP contribution in [0.4, 0.5) is 0 Å². The molecule has 1 rings (SSSR count). The standard InChI is InChI=1S/C13H18NO7P/c1-13(19-3,12(15)16)14-22(17)21-11-6-4-5-10(9-11)20-8-7-18-2/h4-6,9H,7-8H2,1-3H3,(H,15,16)/t13-/m1/s1. The third-order valence-corrected chi connectivity index (χ3v) is 3.52. The van der Waals surface area contributed by atoms with E-state index in [1.165, 1.54) is 13.0 Å². The molecule has 0 bridgehead atoms. The van der Waals surface area contributed by atoms with Crippen molar-refractivity contribution in [2.75, 3.05) is 27.4 Å². The molecule has 2 atom stereocenters. The SMILES string of the molecule is COCCOc1cccc(O[P+]([O-])=N[C@](C)(OC)C(=O)O)c1. The highest BCUT2D eigenvalue weighted by Gasteiger charge is 2.37. The van der Waals surface area contributed by atoms with Crippen molar-refractivity contribution in [1.29, 1.82) is 0 Å². The van der Waals surface area contributed by atoms with E-state index in [0.29, 0.717) is 19.0 Å². The molecular formula is C13H18NO7P. The average molecular weight is 331 g/mol. The third kappa shape index (κ3) is 5.57. The van der Waals surface area contributed by atoms with Crippen LogP contribution >= 0.6 is 8.17 Å². The Kier molecular flexibility index (Phi) is 7.20. The molecule has 1 aromatic rings. The van der Waals surface area contributed by atoms with Crippen LogP contribution in [0.25, 0.3) is 0 Å². The molecule has 22 heavy (non-hydrogen) atoms. The zero-order valence-electron chi connectivity index (χ0n) is 12.5. The van der Waals surface area contributed by atoms with Gasteiger partial charge >= 0.3 is 14.1 Å². The maximum atomic E-state index is 11.8. The highest BCUT2D eigenvalue weighted by Crippen LogP contribution is 2.30. The first-order valence-electron chi connectivity index (χ1n) is 6.29. The highest BCUT2D eigenvalue weighted by molar-refractivity contribution is 7.34. The summed E-state index contributed by atoms with van der Waals surface area (Å²) in [7, 11) is 0.0951. The van der Waals surface area contributed by atoms with Gasteiger partial charge in [0.15, 0.2) is 5.75 Å². The van der Waals surface area contributed by atoms with Crippen LogP contribution in [-0.2, 0) is 14.3 Å². The largest absolute Gasteiger partial charge is 0.575 e. The van der Waals surface area contributed by atoms with Crippen LogP contribution in [0.5, 0.6) is 11.5 Å². The van der Waals surface area contributed by atoms with Crippen molar-refractivity contribution in [2.45, 2.75) is 12.6 Å². The minimum absolute atomic E-state index is 0.239. The summed E-state index contributed by atoms with van der Waals surface area (Å²) < 4.78 is 23.6. The van der Waals surface area contributed by atoms with Crippen molar-refractivity contribution in [1.82, 2.24) is 0 Å². The van der Waals surface area contributed by atoms with Gasteiger partial charge in [-0.3, -0.25) is 4.52 Å². The van der Waals surface area contributed by atoms with Crippen LogP contribution in [0.1, 0.15) is 6.92 Å². The summed E-state index contributed by atoms with van der Waals surface area (Å²) in [5.74, 6) is -0.618. The quantitative estimate of drug-likeness (QED) is 0.538. The molecule has 9 heteroatoms. The first kappa shape index (κ1) is 18.3. The Morgan fingerprint density at radius 1 is 1.36 bits per heavy atom. The highest BCUT2D eigenvalue weighted by atomic mass is 31.1. The van der Waals surface area contributed by atoms with Crippen molar-refractivity contribution >= 4 is 14.1 Å². The fourth-order valence-corrected chi connectivity index (χ4v) is 2.11. The van der Waals surface area contributed by atoms with Gasteiger partial charge in [0.1, 0.15) is 12.4 Å². The molecule has 122 valence electrons. The molecule has 1 aromatic carbocycles. The lowest BCUT2D eigenvalue weighted by molar-refractivity contribution is -0.175. The van der Waals surface area contributed by atoms with Crippen LogP contribution in [0, 0.1) is 0 Å². The number of rotatable bonds is 9. The summed E-state index contributed by atoms with van der Waals surface area (Å²) in [5.41, 5.74) is -1.93. The van der Waals surface area contributed by atoms with Gasteiger partial charge < -0.3 is 24.2 Å². The van der Waals surface area contributed by atoms with E-state index in [2.05, 4.69) is 4.74 Å². The molecule has 0 spiro atoms. The van der Waals surface area contributed by atoms with Gasteiger partial charge in [0.2, 0.25) is 0 Å². The van der Waals surface area contributed by atoms with Gasteiger partial charge in [-0.2, -0.15) is 0 Å². The normalized spacial score (nSPS) is 14.3. The molecule has 0 saturated carbocycles. The van der Waals surface area contributed by atoms with Crippen LogP contribution in [0.2, 0.25) is 0 Å². The van der Waals surface area contributed by atoms with Gasteiger partial charge in [0.25, 0.3) is 5.72 Å². The molecule has 0 aliphatic carbocycles. The molecule has 8 nitrogen and oxygen atoms in total. The van der Waals surface area contributed by atoms with Crippen molar-refractivity contribution in [3.8, 4) is 11.5 Å². The number of carbonyl (C=O) groups is 1. The molecule has 0 amide bonds. The second-order valence-electron chi connectivity index (χ2n) is 4.24. The van der Waals surface area contributed by atoms with E-state index < -0.39 is 19.9 Å². The second kappa shape index (κ2) is 8.65. The predicted molar refractivity (Wildman–Crippen MR) is 76.8 cm³/mol. The van der Waals surface area contributed by atoms with Gasteiger partial charge in [-0.05, 0) is 16.9 Å². The van der Waals surface area contributed by atoms with Crippen molar-refractivity contribution in [2.24, 2.45) is 4.74 Å². The second-order valence-corrected chi connectivity index (χ2v) is 5.10. The molecule has 0 heterocycles. The van der Waals surface area contributed by atoms with Crippen LogP contribution < -0.4 is 14.2 Å². The van der Waals surface area contributed by atoms with Crippen LogP contribution in [-0.4, -0.2) is 44.2 Å². The summed E-state index contributed by atoms with van der Waals surface area (Å²) in [4.78, 5) is 22.8. The van der Waals surface area contributed by atoms with Crippen molar-refractivity contribution in [3.63, 3.8) is 0 Å². The van der Waals surface area contributed by atoms with Crippen molar-refractivity contribution < 1.29 is 33.5 Å². The molecule has 0 aliphatic rings. The monoisotopic (exact) mass is 331 g/mol. The molecule has 1 unspecified atom stereocenters. The summed E-state index contributed by atoms with van der Waals surface area (Å²) in [5, 5.41) is 8.98. The maximum absolute atomic E-state index is 11.8. The lowest BCUT2D eigenvalue weighted by atomic mass is 10.3. The molecular weight excluding hydrogens is 313 g/mol. The Morgan fingerprint density at radius 2 is 2.05 bits per heavy atom. The minimum atomic E-state index is -2.62. The maximum Gasteiger partial charge on any atom is 0.398 e. The fourth-order valence-electron chi connectivity index (χ4n) is 1.30. The van der Waals surface area contributed by atoms with E-state index in [1.54, 1.807) is 25.3 Å². The summed E-state index contributed by atoms with van der Waals surface area (Å²) in [6.45, 7) is 1.97. The van der Waals surface area contributed by atoms with Crippen LogP contribution in [0.3, 0.4) is 0 Å². The van der Waals surface area contributed by atoms with Crippen molar-refractivity contribution in [3.05, 3.63) is 24.3 Å². The summed E-state index contributed by atoms with van der Waals surface area (Å²) in [6.07, 6.45) is 0. The lowest BCUT2D eigenvalue weighted by Gasteiger charge is -2.14. The van der Waals surface area contributed by atoms with Gasteiger partial charge in [-0.15, -0.1) is 0 Å². The molecule has 0 aromatic heterocycles. The van der Waals surface area contributed by atoms with Gasteiger partial charge in [0, 0.05) is 27.2 Å². The Hall–Kier alpha value is -1.73. The average Bonchev–Trinajstić information content (AvgIpc) is 2.47. The molecule has 0 radical (unpaired) electrons. The fraction of sp³-hybridized carbons (Fsp3) is 0.462. The summed E-state index contributed by atoms with van der Waals surface area (Å²) >= 11 is 0. The predicted octanol–water partition coefficient (Wildman–Crippen LogP) is 1.39. The Labute approximate surface area is 129 Å². The first-order valence-corrected chi connectivity index (χ1v) is 7.42. The number of hydrogen-bond acceptors (Lipinski definition) is 7. The van der Waals surface area contributed by atoms with Crippen LogP contribution in [0.15, 0.2) is 29.0 Å². The number of methoxy groups -OCH3 is 2. The number of nitrogens with zero attached hydrogens (tertiary/aromatic N) is 1. The van der Waals surface area contributed by atoms with Gasteiger partial charge in [0.05, 0.1) is 6.61 Å². The molecule has 0 fully saturated rings. The number of carboxylic acid groups (broad SMARTS) is 1. The molecule has 0 aliphatic heterocycles. The summed E-state index contributed by atoms with van der Waals surface area (Å²) in [6, 6.07) is 6.41. The first-order chi connectivity index (χ1) is 10.4. The number of hydrogen-bond donors (Lipinski definition) is 1. The number of benzene rings is 1. The number of aliphatic carboxylic acids is 1. The van der Waals surface area contributed by atoms with Gasteiger partial charge in [-0.1, -0.05) is 6.07 Å². The number of carboxylic acids is 1. The van der Waals surface area contributed by atoms with E-state index in [1.807, 2.05) is 0 Å². The van der Waals surface area contributed by atoms with Gasteiger partial charge in [-0.25, -0.2) is 4.79 Å². The van der Waals surface area contributed by atoms with E-state index in [4.69, 9.17) is 23.8 Å². The minimum Gasteiger partial charge on any atom is -0.575 e.